The van der Waals surface area contributed by atoms with Gasteiger partial charge in [0.2, 0.25) is 0 Å². The van der Waals surface area contributed by atoms with Gasteiger partial charge in [0.1, 0.15) is 0 Å². The van der Waals surface area contributed by atoms with Crippen molar-refractivity contribution in [2.75, 3.05) is 23.7 Å². The van der Waals surface area contributed by atoms with Gasteiger partial charge in [0.25, 0.3) is 0 Å². The van der Waals surface area contributed by atoms with E-state index in [4.69, 9.17) is 5.73 Å². The van der Waals surface area contributed by atoms with Crippen LogP contribution in [0.15, 0.2) is 6.07 Å². The monoisotopic (exact) mass is 296 g/mol. The van der Waals surface area contributed by atoms with E-state index in [0.29, 0.717) is 10.6 Å². The molecule has 0 aromatic carbocycles. The molecule has 5 heteroatoms. The molecule has 3 N–H and O–H groups in total. The summed E-state index contributed by atoms with van der Waals surface area (Å²) in [5.74, 6) is 0.0780. The first-order chi connectivity index (χ1) is 9.30. The maximum absolute atomic E-state index is 12.1. The minimum Gasteiger partial charge on any atom is -0.397 e. The van der Waals surface area contributed by atoms with Gasteiger partial charge in [-0.3, -0.25) is 4.79 Å². The van der Waals surface area contributed by atoms with Crippen molar-refractivity contribution in [2.45, 2.75) is 45.6 Å². The smallest absolute Gasteiger partial charge is 0.177 e. The van der Waals surface area contributed by atoms with Gasteiger partial charge in [-0.15, -0.1) is 11.3 Å². The topological polar surface area (TPSA) is 66.6 Å². The number of carbonyl (C=O) groups is 1. The molecule has 0 aliphatic carbocycles. The number of carbonyl (C=O) groups excluding carboxylic acids is 1. The molecule has 1 aromatic rings. The quantitative estimate of drug-likeness (QED) is 0.842. The molecule has 1 unspecified atom stereocenters. The molecule has 1 saturated heterocycles. The number of hydrogen-bond donors (Lipinski definition) is 2. The third-order valence-electron chi connectivity index (χ3n) is 3.87. The van der Waals surface area contributed by atoms with E-state index in [1.807, 2.05) is 26.8 Å². The van der Waals surface area contributed by atoms with Crippen molar-refractivity contribution in [3.63, 3.8) is 0 Å². The second-order valence-electron chi connectivity index (χ2n) is 6.23. The Morgan fingerprint density at radius 2 is 2.15 bits per heavy atom. The summed E-state index contributed by atoms with van der Waals surface area (Å²) in [4.78, 5) is 15.0. The number of nitrogens with two attached hydrogens (primary N) is 1. The second-order valence-corrected chi connectivity index (χ2v) is 7.26. The Hall–Kier alpha value is -1.07. The van der Waals surface area contributed by atoms with Crippen molar-refractivity contribution in [1.29, 1.82) is 0 Å². The maximum Gasteiger partial charge on any atom is 0.177 e. The van der Waals surface area contributed by atoms with Crippen LogP contribution in [0.3, 0.4) is 0 Å². The minimum absolute atomic E-state index is 0.0336. The average molecular weight is 296 g/mol. The van der Waals surface area contributed by atoms with Gasteiger partial charge >= 0.3 is 0 Å². The Bertz CT molecular complexity index is 494. The van der Waals surface area contributed by atoms with Gasteiger partial charge in [-0.1, -0.05) is 13.8 Å². The predicted molar refractivity (Wildman–Crippen MR) is 84.6 cm³/mol. The molecule has 1 atom stereocenters. The highest BCUT2D eigenvalue weighted by Crippen LogP contribution is 2.35. The number of anilines is 2. The highest BCUT2D eigenvalue weighted by atomic mass is 32.1. The second kappa shape index (κ2) is 5.74. The van der Waals surface area contributed by atoms with Crippen LogP contribution in [0.25, 0.3) is 0 Å². The van der Waals surface area contributed by atoms with Crippen molar-refractivity contribution in [3.8, 4) is 0 Å². The van der Waals surface area contributed by atoms with E-state index in [2.05, 4.69) is 4.90 Å². The van der Waals surface area contributed by atoms with Crippen LogP contribution in [0.5, 0.6) is 0 Å². The molecule has 2 heterocycles. The van der Waals surface area contributed by atoms with Crippen molar-refractivity contribution in [2.24, 2.45) is 5.92 Å². The van der Waals surface area contributed by atoms with Gasteiger partial charge in [0.15, 0.2) is 5.78 Å². The first-order valence-corrected chi connectivity index (χ1v) is 8.03. The lowest BCUT2D eigenvalue weighted by atomic mass is 9.98. The van der Waals surface area contributed by atoms with Gasteiger partial charge in [-0.25, -0.2) is 0 Å². The van der Waals surface area contributed by atoms with Crippen molar-refractivity contribution < 1.29 is 9.90 Å². The molecule has 1 aliphatic heterocycles. The Labute approximate surface area is 124 Å². The van der Waals surface area contributed by atoms with Crippen LogP contribution < -0.4 is 10.6 Å². The summed E-state index contributed by atoms with van der Waals surface area (Å²) in [7, 11) is 0. The Kier molecular flexibility index (Phi) is 4.39. The van der Waals surface area contributed by atoms with E-state index >= 15 is 0 Å². The predicted octanol–water partition coefficient (Wildman–Crippen LogP) is 2.91. The minimum atomic E-state index is -0.575. The number of aliphatic hydroxyl groups is 1. The molecule has 0 radical (unpaired) electrons. The highest BCUT2D eigenvalue weighted by Gasteiger charge is 2.26. The van der Waals surface area contributed by atoms with Crippen LogP contribution in [-0.2, 0) is 0 Å². The number of ketones is 1. The molecule has 2 rings (SSSR count). The van der Waals surface area contributed by atoms with E-state index in [-0.39, 0.29) is 11.7 Å². The molecular formula is C15H24N2O2S. The SMILES string of the molecule is CC(C)C(=O)c1sc(N2CCCC(C)(O)CC2)cc1N. The van der Waals surface area contributed by atoms with E-state index in [0.717, 1.165) is 37.4 Å². The molecule has 0 amide bonds. The summed E-state index contributed by atoms with van der Waals surface area (Å²) in [5.41, 5.74) is 6.00. The zero-order valence-corrected chi connectivity index (χ0v) is 13.3. The number of Topliss-reactive ketones (excluding diaryl/α,β-unsaturated/α-hetero) is 1. The van der Waals surface area contributed by atoms with Crippen LogP contribution in [-0.4, -0.2) is 29.6 Å². The number of rotatable bonds is 3. The van der Waals surface area contributed by atoms with E-state index in [1.165, 1.54) is 11.3 Å². The highest BCUT2D eigenvalue weighted by molar-refractivity contribution is 7.18. The summed E-state index contributed by atoms with van der Waals surface area (Å²) in [6, 6.07) is 1.90. The number of thiophene rings is 1. The number of nitrogen functional groups attached to an aromatic ring is 1. The largest absolute Gasteiger partial charge is 0.397 e. The lowest BCUT2D eigenvalue weighted by molar-refractivity contribution is 0.0481. The fourth-order valence-electron chi connectivity index (χ4n) is 2.49. The van der Waals surface area contributed by atoms with Crippen molar-refractivity contribution >= 4 is 27.8 Å². The Balaban J connectivity index is 2.18. The standard InChI is InChI=1S/C15H24N2O2S/c1-10(2)13(18)14-11(16)9-12(20-14)17-7-4-5-15(3,19)6-8-17/h9-10,19H,4-8,16H2,1-3H3. The zero-order chi connectivity index (χ0) is 14.9. The fraction of sp³-hybridized carbons (Fsp3) is 0.667. The van der Waals surface area contributed by atoms with Crippen LogP contribution in [0.2, 0.25) is 0 Å². The third kappa shape index (κ3) is 3.33. The average Bonchev–Trinajstić information content (AvgIpc) is 2.64. The molecular weight excluding hydrogens is 272 g/mol. The summed E-state index contributed by atoms with van der Waals surface area (Å²) < 4.78 is 0. The van der Waals surface area contributed by atoms with Crippen molar-refractivity contribution in [3.05, 3.63) is 10.9 Å². The van der Waals surface area contributed by atoms with Gasteiger partial charge in [0, 0.05) is 19.0 Å². The van der Waals surface area contributed by atoms with Gasteiger partial charge < -0.3 is 15.7 Å². The van der Waals surface area contributed by atoms with Crippen LogP contribution in [0.4, 0.5) is 10.7 Å². The zero-order valence-electron chi connectivity index (χ0n) is 12.5. The normalized spacial score (nSPS) is 23.9. The van der Waals surface area contributed by atoms with Gasteiger partial charge in [-0.2, -0.15) is 0 Å². The lowest BCUT2D eigenvalue weighted by Gasteiger charge is -2.22. The molecule has 20 heavy (non-hydrogen) atoms. The van der Waals surface area contributed by atoms with E-state index in [1.54, 1.807) is 0 Å². The fourth-order valence-corrected chi connectivity index (χ4v) is 3.71. The van der Waals surface area contributed by atoms with E-state index in [9.17, 15) is 9.90 Å². The van der Waals surface area contributed by atoms with Gasteiger partial charge in [0.05, 0.1) is 21.2 Å². The summed E-state index contributed by atoms with van der Waals surface area (Å²) >= 11 is 1.48. The first-order valence-electron chi connectivity index (χ1n) is 7.21. The molecule has 112 valence electrons. The number of nitrogens with zero attached hydrogens (tertiary/aromatic N) is 1. The summed E-state index contributed by atoms with van der Waals surface area (Å²) in [6.07, 6.45) is 2.53. The summed E-state index contributed by atoms with van der Waals surface area (Å²) in [6.45, 7) is 7.40. The maximum atomic E-state index is 12.1. The molecule has 1 fully saturated rings. The Morgan fingerprint density at radius 3 is 2.80 bits per heavy atom. The van der Waals surface area contributed by atoms with Crippen LogP contribution in [0.1, 0.15) is 49.7 Å². The number of hydrogen-bond acceptors (Lipinski definition) is 5. The summed E-state index contributed by atoms with van der Waals surface area (Å²) in [5, 5.41) is 11.2. The lowest BCUT2D eigenvalue weighted by Crippen LogP contribution is -2.27. The molecule has 4 nitrogen and oxygen atoms in total. The van der Waals surface area contributed by atoms with Crippen molar-refractivity contribution in [1.82, 2.24) is 0 Å². The molecule has 0 spiro atoms. The first kappa shape index (κ1) is 15.3. The van der Waals surface area contributed by atoms with Crippen LogP contribution in [0, 0.1) is 5.92 Å². The van der Waals surface area contributed by atoms with Gasteiger partial charge in [-0.05, 0) is 32.3 Å². The molecule has 0 saturated carbocycles. The van der Waals surface area contributed by atoms with E-state index < -0.39 is 5.60 Å². The molecule has 1 aliphatic rings. The Morgan fingerprint density at radius 1 is 1.45 bits per heavy atom. The molecule has 0 bridgehead atoms. The molecule has 1 aromatic heterocycles. The third-order valence-corrected chi connectivity index (χ3v) is 5.10. The van der Waals surface area contributed by atoms with Crippen LogP contribution >= 0.6 is 11.3 Å².